The number of amides is 1. The van der Waals surface area contributed by atoms with Gasteiger partial charge in [-0.3, -0.25) is 9.59 Å². The maximum Gasteiger partial charge on any atom is 0.306 e. The minimum atomic E-state index is -0.791. The van der Waals surface area contributed by atoms with Crippen molar-refractivity contribution in [3.05, 3.63) is 53.8 Å². The van der Waals surface area contributed by atoms with Crippen molar-refractivity contribution in [2.24, 2.45) is 5.92 Å². The fourth-order valence-corrected chi connectivity index (χ4v) is 4.33. The molecule has 3 heterocycles. The zero-order valence-electron chi connectivity index (χ0n) is 15.0. The Balaban J connectivity index is 1.66. The summed E-state index contributed by atoms with van der Waals surface area (Å²) in [5.41, 5.74) is 2.52. The van der Waals surface area contributed by atoms with E-state index in [4.69, 9.17) is 5.11 Å². The number of rotatable bonds is 4. The van der Waals surface area contributed by atoms with Crippen LogP contribution in [-0.4, -0.2) is 50.2 Å². The van der Waals surface area contributed by atoms with Gasteiger partial charge >= 0.3 is 5.97 Å². The number of thiazole rings is 1. The molecule has 0 atom stereocenters. The van der Waals surface area contributed by atoms with E-state index in [-0.39, 0.29) is 11.8 Å². The summed E-state index contributed by atoms with van der Waals surface area (Å²) >= 11 is 1.33. The molecule has 0 radical (unpaired) electrons. The summed E-state index contributed by atoms with van der Waals surface area (Å²) in [6, 6.07) is 11.6. The molecule has 1 saturated heterocycles. The lowest BCUT2D eigenvalue weighted by molar-refractivity contribution is -0.143. The predicted octanol–water partition coefficient (Wildman–Crippen LogP) is 3.20. The minimum absolute atomic E-state index is 0.153. The van der Waals surface area contributed by atoms with Gasteiger partial charge in [0.2, 0.25) is 0 Å². The number of nitrogens with zero attached hydrogens (tertiary/aromatic N) is 4. The van der Waals surface area contributed by atoms with Crippen LogP contribution in [0.25, 0.3) is 21.7 Å². The van der Waals surface area contributed by atoms with Crippen molar-refractivity contribution in [1.29, 1.82) is 0 Å². The first-order chi connectivity index (χ1) is 13.6. The van der Waals surface area contributed by atoms with Gasteiger partial charge < -0.3 is 10.0 Å². The SMILES string of the molecule is O=C(O)C1CCN(C(=O)c2nc(-c3ccccc3)c(-c3ccnnc3)s2)CC1. The van der Waals surface area contributed by atoms with E-state index in [2.05, 4.69) is 15.2 Å². The smallest absolute Gasteiger partial charge is 0.306 e. The van der Waals surface area contributed by atoms with Gasteiger partial charge in [0, 0.05) is 24.2 Å². The molecule has 0 spiro atoms. The van der Waals surface area contributed by atoms with E-state index in [0.717, 1.165) is 21.7 Å². The van der Waals surface area contributed by atoms with Gasteiger partial charge in [0.15, 0.2) is 5.01 Å². The lowest BCUT2D eigenvalue weighted by Crippen LogP contribution is -2.40. The lowest BCUT2D eigenvalue weighted by atomic mass is 9.97. The van der Waals surface area contributed by atoms with Gasteiger partial charge in [-0.25, -0.2) is 4.98 Å². The Morgan fingerprint density at radius 1 is 1.04 bits per heavy atom. The number of benzene rings is 1. The zero-order valence-corrected chi connectivity index (χ0v) is 15.8. The summed E-state index contributed by atoms with van der Waals surface area (Å²) in [4.78, 5) is 31.4. The van der Waals surface area contributed by atoms with Crippen molar-refractivity contribution in [2.45, 2.75) is 12.8 Å². The quantitative estimate of drug-likeness (QED) is 0.730. The van der Waals surface area contributed by atoms with E-state index in [1.54, 1.807) is 17.3 Å². The van der Waals surface area contributed by atoms with Crippen molar-refractivity contribution in [1.82, 2.24) is 20.1 Å². The van der Waals surface area contributed by atoms with Crippen LogP contribution in [0.15, 0.2) is 48.8 Å². The third-order valence-corrected chi connectivity index (χ3v) is 5.93. The average Bonchev–Trinajstić information content (AvgIpc) is 3.20. The van der Waals surface area contributed by atoms with Gasteiger partial charge in [-0.1, -0.05) is 30.3 Å². The molecular formula is C20H18N4O3S. The number of likely N-dealkylation sites (tertiary alicyclic amines) is 1. The highest BCUT2D eigenvalue weighted by molar-refractivity contribution is 7.17. The van der Waals surface area contributed by atoms with Crippen LogP contribution in [0, 0.1) is 5.92 Å². The summed E-state index contributed by atoms with van der Waals surface area (Å²) in [5, 5.41) is 17.3. The van der Waals surface area contributed by atoms with Gasteiger partial charge in [-0.05, 0) is 18.9 Å². The number of carbonyl (C=O) groups excluding carboxylic acids is 1. The molecule has 28 heavy (non-hydrogen) atoms. The zero-order chi connectivity index (χ0) is 19.5. The van der Waals surface area contributed by atoms with Crippen LogP contribution in [-0.2, 0) is 4.79 Å². The molecule has 1 aromatic carbocycles. The van der Waals surface area contributed by atoms with Gasteiger partial charge in [-0.2, -0.15) is 10.2 Å². The molecule has 1 aliphatic rings. The fraction of sp³-hybridized carbons (Fsp3) is 0.250. The Morgan fingerprint density at radius 3 is 2.43 bits per heavy atom. The Hall–Kier alpha value is -3.13. The maximum atomic E-state index is 13.0. The van der Waals surface area contributed by atoms with E-state index < -0.39 is 5.97 Å². The van der Waals surface area contributed by atoms with Crippen molar-refractivity contribution in [3.63, 3.8) is 0 Å². The second kappa shape index (κ2) is 7.85. The van der Waals surface area contributed by atoms with Crippen LogP contribution < -0.4 is 0 Å². The number of piperidine rings is 1. The van der Waals surface area contributed by atoms with Gasteiger partial charge in [0.1, 0.15) is 0 Å². The van der Waals surface area contributed by atoms with Gasteiger partial charge in [-0.15, -0.1) is 11.3 Å². The third kappa shape index (κ3) is 3.63. The lowest BCUT2D eigenvalue weighted by Gasteiger charge is -2.29. The monoisotopic (exact) mass is 394 g/mol. The molecule has 0 aliphatic carbocycles. The molecule has 2 aromatic heterocycles. The number of hydrogen-bond donors (Lipinski definition) is 1. The van der Waals surface area contributed by atoms with E-state index >= 15 is 0 Å². The first-order valence-electron chi connectivity index (χ1n) is 8.99. The van der Waals surface area contributed by atoms with Gasteiger partial charge in [0.05, 0.1) is 28.9 Å². The standard InChI is InChI=1S/C20H18N4O3S/c25-19(24-10-7-14(8-11-24)20(26)27)18-23-16(13-4-2-1-3-5-13)17(28-18)15-6-9-21-22-12-15/h1-6,9,12,14H,7-8,10-11H2,(H,26,27). The van der Waals surface area contributed by atoms with Crippen LogP contribution >= 0.6 is 11.3 Å². The molecule has 7 nitrogen and oxygen atoms in total. The highest BCUT2D eigenvalue weighted by Crippen LogP contribution is 2.37. The fourth-order valence-electron chi connectivity index (χ4n) is 3.29. The molecule has 0 unspecified atom stereocenters. The van der Waals surface area contributed by atoms with Crippen LogP contribution in [0.3, 0.4) is 0 Å². The molecule has 0 saturated carbocycles. The number of carbonyl (C=O) groups is 2. The Labute approximate surface area is 165 Å². The van der Waals surface area contributed by atoms with Crippen molar-refractivity contribution in [3.8, 4) is 21.7 Å². The molecular weight excluding hydrogens is 376 g/mol. The summed E-state index contributed by atoms with van der Waals surface area (Å²) in [5.74, 6) is -1.32. The minimum Gasteiger partial charge on any atom is -0.481 e. The summed E-state index contributed by atoms with van der Waals surface area (Å²) < 4.78 is 0. The molecule has 3 aromatic rings. The largest absolute Gasteiger partial charge is 0.481 e. The first kappa shape index (κ1) is 18.2. The van der Waals surface area contributed by atoms with Gasteiger partial charge in [0.25, 0.3) is 5.91 Å². The Morgan fingerprint density at radius 2 is 1.79 bits per heavy atom. The number of carboxylic acids is 1. The molecule has 1 amide bonds. The second-order valence-electron chi connectivity index (χ2n) is 6.60. The molecule has 142 valence electrons. The maximum absolute atomic E-state index is 13.0. The van der Waals surface area contributed by atoms with E-state index in [0.29, 0.717) is 30.9 Å². The van der Waals surface area contributed by atoms with Crippen molar-refractivity contribution < 1.29 is 14.7 Å². The third-order valence-electron chi connectivity index (χ3n) is 4.84. The predicted molar refractivity (Wildman–Crippen MR) is 105 cm³/mol. The molecule has 0 bridgehead atoms. The highest BCUT2D eigenvalue weighted by atomic mass is 32.1. The van der Waals surface area contributed by atoms with E-state index in [9.17, 15) is 9.59 Å². The van der Waals surface area contributed by atoms with Crippen LogP contribution in [0.5, 0.6) is 0 Å². The van der Waals surface area contributed by atoms with Crippen LogP contribution in [0.1, 0.15) is 22.6 Å². The molecule has 1 N–H and O–H groups in total. The number of aromatic nitrogens is 3. The molecule has 1 aliphatic heterocycles. The normalized spacial score (nSPS) is 14.8. The highest BCUT2D eigenvalue weighted by Gasteiger charge is 2.29. The number of carboxylic acid groups (broad SMARTS) is 1. The second-order valence-corrected chi connectivity index (χ2v) is 7.60. The molecule has 8 heteroatoms. The summed E-state index contributed by atoms with van der Waals surface area (Å²) in [6.07, 6.45) is 4.22. The number of hydrogen-bond acceptors (Lipinski definition) is 6. The van der Waals surface area contributed by atoms with E-state index in [1.165, 1.54) is 11.3 Å². The summed E-state index contributed by atoms with van der Waals surface area (Å²) in [7, 11) is 0. The average molecular weight is 394 g/mol. The van der Waals surface area contributed by atoms with Crippen LogP contribution in [0.4, 0.5) is 0 Å². The van der Waals surface area contributed by atoms with Crippen molar-refractivity contribution >= 4 is 23.2 Å². The Bertz CT molecular complexity index is 926. The summed E-state index contributed by atoms with van der Waals surface area (Å²) in [6.45, 7) is 0.865. The molecule has 4 rings (SSSR count). The topological polar surface area (TPSA) is 96.3 Å². The van der Waals surface area contributed by atoms with Crippen LogP contribution in [0.2, 0.25) is 0 Å². The number of aliphatic carboxylic acids is 1. The Kier molecular flexibility index (Phi) is 5.12. The molecule has 1 fully saturated rings. The first-order valence-corrected chi connectivity index (χ1v) is 9.80. The van der Waals surface area contributed by atoms with Crippen molar-refractivity contribution in [2.75, 3.05) is 13.1 Å². The van der Waals surface area contributed by atoms with E-state index in [1.807, 2.05) is 36.4 Å².